The highest BCUT2D eigenvalue weighted by atomic mass is 16.4. The molecule has 0 spiro atoms. The van der Waals surface area contributed by atoms with E-state index in [0.717, 1.165) is 5.69 Å². The lowest BCUT2D eigenvalue weighted by Crippen LogP contribution is -2.48. The Bertz CT molecular complexity index is 490. The molecule has 0 aliphatic carbocycles. The molecule has 1 heterocycles. The van der Waals surface area contributed by atoms with E-state index in [1.807, 2.05) is 17.0 Å². The molecule has 1 fully saturated rings. The van der Waals surface area contributed by atoms with E-state index in [2.05, 4.69) is 5.32 Å². The van der Waals surface area contributed by atoms with Crippen LogP contribution in [0.5, 0.6) is 0 Å². The second kappa shape index (κ2) is 5.71. The van der Waals surface area contributed by atoms with E-state index in [1.54, 1.807) is 12.1 Å². The van der Waals surface area contributed by atoms with E-state index in [-0.39, 0.29) is 19.0 Å². The summed E-state index contributed by atoms with van der Waals surface area (Å²) in [5.74, 6) is -1.75. The largest absolute Gasteiger partial charge is 0.481 e. The molecular weight excluding hydrogens is 246 g/mol. The number of nitrogens with zero attached hydrogens (tertiary/aromatic N) is 1. The molecule has 0 bridgehead atoms. The van der Waals surface area contributed by atoms with Gasteiger partial charge < -0.3 is 21.1 Å². The van der Waals surface area contributed by atoms with Crippen LogP contribution < -0.4 is 16.0 Å². The Morgan fingerprint density at radius 1 is 1.47 bits per heavy atom. The normalized spacial score (nSPS) is 16.9. The minimum absolute atomic E-state index is 0.0341. The monoisotopic (exact) mass is 263 g/mol. The summed E-state index contributed by atoms with van der Waals surface area (Å²) in [5.41, 5.74) is 6.99. The van der Waals surface area contributed by atoms with Crippen LogP contribution in [0.2, 0.25) is 0 Å². The lowest BCUT2D eigenvalue weighted by Gasteiger charge is -2.31. The third-order valence-corrected chi connectivity index (χ3v) is 3.23. The molecular formula is C13H17N3O3. The molecule has 19 heavy (non-hydrogen) atoms. The van der Waals surface area contributed by atoms with Crippen molar-refractivity contribution < 1.29 is 14.7 Å². The summed E-state index contributed by atoms with van der Waals surface area (Å²) in [6.07, 6.45) is 0. The standard InChI is InChI=1S/C13H17N3O3/c14-7-10(13(18)19)9-3-1-2-4-11(9)16-6-5-15-12(17)8-16/h1-4,10H,5-8,14H2,(H,15,17)(H,18,19). The number of benzene rings is 1. The van der Waals surface area contributed by atoms with E-state index in [0.29, 0.717) is 18.7 Å². The molecule has 6 heteroatoms. The van der Waals surface area contributed by atoms with Crippen LogP contribution in [0.15, 0.2) is 24.3 Å². The van der Waals surface area contributed by atoms with E-state index >= 15 is 0 Å². The first kappa shape index (κ1) is 13.4. The fourth-order valence-corrected chi connectivity index (χ4v) is 2.28. The Balaban J connectivity index is 2.34. The van der Waals surface area contributed by atoms with Crippen LogP contribution in [-0.2, 0) is 9.59 Å². The van der Waals surface area contributed by atoms with Crippen molar-refractivity contribution in [2.75, 3.05) is 31.1 Å². The van der Waals surface area contributed by atoms with E-state index < -0.39 is 11.9 Å². The van der Waals surface area contributed by atoms with Crippen molar-refractivity contribution >= 4 is 17.6 Å². The lowest BCUT2D eigenvalue weighted by atomic mass is 9.96. The van der Waals surface area contributed by atoms with Gasteiger partial charge in [-0.05, 0) is 11.6 Å². The first-order valence-electron chi connectivity index (χ1n) is 6.17. The summed E-state index contributed by atoms with van der Waals surface area (Å²) >= 11 is 0. The third kappa shape index (κ3) is 2.85. The van der Waals surface area contributed by atoms with Crippen LogP contribution in [0.3, 0.4) is 0 Å². The van der Waals surface area contributed by atoms with E-state index in [1.165, 1.54) is 0 Å². The molecule has 1 aliphatic heterocycles. The molecule has 1 aromatic rings. The van der Waals surface area contributed by atoms with Gasteiger partial charge >= 0.3 is 5.97 Å². The van der Waals surface area contributed by atoms with Crippen molar-refractivity contribution in [2.24, 2.45) is 5.73 Å². The van der Waals surface area contributed by atoms with Gasteiger partial charge in [-0.15, -0.1) is 0 Å². The highest BCUT2D eigenvalue weighted by Crippen LogP contribution is 2.27. The molecule has 0 radical (unpaired) electrons. The number of carbonyl (C=O) groups is 2. The first-order valence-corrected chi connectivity index (χ1v) is 6.17. The minimum Gasteiger partial charge on any atom is -0.481 e. The number of carbonyl (C=O) groups excluding carboxylic acids is 1. The van der Waals surface area contributed by atoms with Gasteiger partial charge in [0.25, 0.3) is 0 Å². The number of amides is 1. The van der Waals surface area contributed by atoms with Crippen molar-refractivity contribution in [2.45, 2.75) is 5.92 Å². The van der Waals surface area contributed by atoms with Crippen LogP contribution in [-0.4, -0.2) is 43.2 Å². The van der Waals surface area contributed by atoms with Gasteiger partial charge in [0.2, 0.25) is 5.91 Å². The Labute approximate surface area is 111 Å². The number of anilines is 1. The number of aliphatic carboxylic acids is 1. The smallest absolute Gasteiger partial charge is 0.312 e. The summed E-state index contributed by atoms with van der Waals surface area (Å²) in [6.45, 7) is 1.51. The highest BCUT2D eigenvalue weighted by molar-refractivity contribution is 5.84. The minimum atomic E-state index is -0.948. The number of carboxylic acids is 1. The molecule has 2 rings (SSSR count). The second-order valence-corrected chi connectivity index (χ2v) is 4.46. The number of hydrogen-bond donors (Lipinski definition) is 3. The maximum Gasteiger partial charge on any atom is 0.312 e. The van der Waals surface area contributed by atoms with Gasteiger partial charge in [-0.3, -0.25) is 9.59 Å². The van der Waals surface area contributed by atoms with Crippen molar-refractivity contribution in [3.63, 3.8) is 0 Å². The molecule has 6 nitrogen and oxygen atoms in total. The van der Waals surface area contributed by atoms with Gasteiger partial charge in [0.05, 0.1) is 12.5 Å². The molecule has 1 atom stereocenters. The fourth-order valence-electron chi connectivity index (χ4n) is 2.28. The molecule has 1 aromatic carbocycles. The molecule has 1 amide bonds. The Morgan fingerprint density at radius 2 is 2.21 bits per heavy atom. The number of rotatable bonds is 4. The second-order valence-electron chi connectivity index (χ2n) is 4.46. The first-order chi connectivity index (χ1) is 9.13. The summed E-state index contributed by atoms with van der Waals surface area (Å²) in [5, 5.41) is 12.0. The molecule has 4 N–H and O–H groups in total. The number of nitrogens with two attached hydrogens (primary N) is 1. The summed E-state index contributed by atoms with van der Waals surface area (Å²) in [6, 6.07) is 7.21. The fraction of sp³-hybridized carbons (Fsp3) is 0.385. The van der Waals surface area contributed by atoms with Gasteiger partial charge in [0.15, 0.2) is 0 Å². The Morgan fingerprint density at radius 3 is 2.84 bits per heavy atom. The number of para-hydroxylation sites is 1. The van der Waals surface area contributed by atoms with E-state index in [9.17, 15) is 14.7 Å². The zero-order valence-corrected chi connectivity index (χ0v) is 10.5. The van der Waals surface area contributed by atoms with Gasteiger partial charge in [-0.25, -0.2) is 0 Å². The zero-order chi connectivity index (χ0) is 13.8. The summed E-state index contributed by atoms with van der Waals surface area (Å²) in [7, 11) is 0. The number of carboxylic acid groups (broad SMARTS) is 1. The quantitative estimate of drug-likeness (QED) is 0.696. The predicted molar refractivity (Wildman–Crippen MR) is 71.1 cm³/mol. The number of hydrogen-bond acceptors (Lipinski definition) is 4. The molecule has 0 aromatic heterocycles. The third-order valence-electron chi connectivity index (χ3n) is 3.23. The van der Waals surface area contributed by atoms with Crippen molar-refractivity contribution in [3.8, 4) is 0 Å². The average molecular weight is 263 g/mol. The average Bonchev–Trinajstić information content (AvgIpc) is 2.40. The molecule has 1 aliphatic rings. The Kier molecular flexibility index (Phi) is 4.01. The lowest BCUT2D eigenvalue weighted by molar-refractivity contribution is -0.138. The van der Waals surface area contributed by atoms with Crippen LogP contribution >= 0.6 is 0 Å². The van der Waals surface area contributed by atoms with E-state index in [4.69, 9.17) is 5.73 Å². The number of nitrogens with one attached hydrogen (secondary N) is 1. The number of piperazine rings is 1. The molecule has 1 unspecified atom stereocenters. The summed E-state index contributed by atoms with van der Waals surface area (Å²) in [4.78, 5) is 24.6. The van der Waals surface area contributed by atoms with Gasteiger partial charge in [-0.2, -0.15) is 0 Å². The predicted octanol–water partition coefficient (Wildman–Crippen LogP) is -0.250. The van der Waals surface area contributed by atoms with Crippen LogP contribution in [0.25, 0.3) is 0 Å². The Hall–Kier alpha value is -2.08. The molecule has 102 valence electrons. The van der Waals surface area contributed by atoms with Crippen LogP contribution in [0.1, 0.15) is 11.5 Å². The summed E-state index contributed by atoms with van der Waals surface area (Å²) < 4.78 is 0. The SMILES string of the molecule is NCC(C(=O)O)c1ccccc1N1CCNC(=O)C1. The molecule has 0 saturated carbocycles. The zero-order valence-electron chi connectivity index (χ0n) is 10.5. The van der Waals surface area contributed by atoms with Crippen molar-refractivity contribution in [1.29, 1.82) is 0 Å². The van der Waals surface area contributed by atoms with Crippen LogP contribution in [0.4, 0.5) is 5.69 Å². The van der Waals surface area contributed by atoms with Crippen molar-refractivity contribution in [3.05, 3.63) is 29.8 Å². The van der Waals surface area contributed by atoms with Gasteiger partial charge in [0, 0.05) is 25.3 Å². The maximum absolute atomic E-state index is 11.4. The maximum atomic E-state index is 11.4. The van der Waals surface area contributed by atoms with Crippen LogP contribution in [0, 0.1) is 0 Å². The van der Waals surface area contributed by atoms with Gasteiger partial charge in [0.1, 0.15) is 0 Å². The molecule has 1 saturated heterocycles. The topological polar surface area (TPSA) is 95.7 Å². The van der Waals surface area contributed by atoms with Crippen molar-refractivity contribution in [1.82, 2.24) is 5.32 Å². The highest BCUT2D eigenvalue weighted by Gasteiger charge is 2.25. The van der Waals surface area contributed by atoms with Gasteiger partial charge in [-0.1, -0.05) is 18.2 Å².